The van der Waals surface area contributed by atoms with Gasteiger partial charge in [0.1, 0.15) is 11.5 Å². The Bertz CT molecular complexity index is 1000. The van der Waals surface area contributed by atoms with E-state index >= 15 is 0 Å². The summed E-state index contributed by atoms with van der Waals surface area (Å²) in [7, 11) is -3.50. The first-order valence-corrected chi connectivity index (χ1v) is 10.6. The molecule has 1 N–H and O–H groups in total. The van der Waals surface area contributed by atoms with Crippen LogP contribution in [0.4, 0.5) is 5.69 Å². The highest BCUT2D eigenvalue weighted by atomic mass is 32.2. The predicted octanol–water partition coefficient (Wildman–Crippen LogP) is 2.57. The summed E-state index contributed by atoms with van der Waals surface area (Å²) in [5.74, 6) is 0.0153. The summed E-state index contributed by atoms with van der Waals surface area (Å²) < 4.78 is 36.6. The largest absolute Gasteiger partial charge is 0.462 e. The molecule has 154 valence electrons. The lowest BCUT2D eigenvalue weighted by atomic mass is 10.3. The Labute approximate surface area is 169 Å². The Morgan fingerprint density at radius 2 is 1.83 bits per heavy atom. The van der Waals surface area contributed by atoms with Crippen LogP contribution in [0.15, 0.2) is 51.8 Å². The van der Waals surface area contributed by atoms with Crippen molar-refractivity contribution in [3.8, 4) is 0 Å². The second-order valence-corrected chi connectivity index (χ2v) is 8.51. The summed E-state index contributed by atoms with van der Waals surface area (Å²) in [6.45, 7) is 2.38. The SMILES string of the molecule is Cc1ccc(C=CC(=O)OCC(=O)Nc2ccc(S(=O)(=O)N3CCCC3)cc2)o1. The molecular weight excluding hydrogens is 396 g/mol. The molecule has 1 aliphatic heterocycles. The van der Waals surface area contributed by atoms with Gasteiger partial charge in [0, 0.05) is 24.9 Å². The number of nitrogens with zero attached hydrogens (tertiary/aromatic N) is 1. The minimum Gasteiger partial charge on any atom is -0.462 e. The van der Waals surface area contributed by atoms with Gasteiger partial charge in [0.05, 0.1) is 4.90 Å². The Morgan fingerprint density at radius 3 is 2.45 bits per heavy atom. The lowest BCUT2D eigenvalue weighted by molar-refractivity contribution is -0.142. The van der Waals surface area contributed by atoms with E-state index in [1.807, 2.05) is 0 Å². The Hall–Kier alpha value is -2.91. The molecule has 1 saturated heterocycles. The van der Waals surface area contributed by atoms with Crippen molar-refractivity contribution in [1.82, 2.24) is 4.31 Å². The van der Waals surface area contributed by atoms with Gasteiger partial charge in [0.25, 0.3) is 5.91 Å². The highest BCUT2D eigenvalue weighted by Crippen LogP contribution is 2.22. The molecule has 0 bridgehead atoms. The number of carbonyl (C=O) groups excluding carboxylic acids is 2. The number of hydrogen-bond acceptors (Lipinski definition) is 6. The van der Waals surface area contributed by atoms with Crippen LogP contribution in [0.2, 0.25) is 0 Å². The van der Waals surface area contributed by atoms with Crippen LogP contribution in [0.25, 0.3) is 6.08 Å². The zero-order chi connectivity index (χ0) is 20.9. The lowest BCUT2D eigenvalue weighted by Gasteiger charge is -2.15. The first-order chi connectivity index (χ1) is 13.8. The van der Waals surface area contributed by atoms with Crippen LogP contribution in [0.3, 0.4) is 0 Å². The van der Waals surface area contributed by atoms with E-state index in [0.717, 1.165) is 18.6 Å². The third-order valence-corrected chi connectivity index (χ3v) is 6.24. The number of anilines is 1. The van der Waals surface area contributed by atoms with Gasteiger partial charge in [-0.25, -0.2) is 13.2 Å². The molecule has 0 unspecified atom stereocenters. The quantitative estimate of drug-likeness (QED) is 0.547. The summed E-state index contributed by atoms with van der Waals surface area (Å²) in [6, 6.07) is 9.37. The van der Waals surface area contributed by atoms with Gasteiger partial charge >= 0.3 is 5.97 Å². The standard InChI is InChI=1S/C20H22N2O6S/c1-15-4-7-17(28-15)8-11-20(24)27-14-19(23)21-16-5-9-18(10-6-16)29(25,26)22-12-2-3-13-22/h4-11H,2-3,12-14H2,1H3,(H,21,23). The molecule has 9 heteroatoms. The van der Waals surface area contributed by atoms with Crippen molar-refractivity contribution in [2.75, 3.05) is 25.0 Å². The smallest absolute Gasteiger partial charge is 0.331 e. The molecule has 1 fully saturated rings. The van der Waals surface area contributed by atoms with Gasteiger partial charge in [-0.05, 0) is 62.2 Å². The Kier molecular flexibility index (Phi) is 6.50. The van der Waals surface area contributed by atoms with E-state index in [0.29, 0.717) is 24.5 Å². The van der Waals surface area contributed by atoms with Gasteiger partial charge in [0.2, 0.25) is 10.0 Å². The van der Waals surface area contributed by atoms with E-state index in [4.69, 9.17) is 9.15 Å². The topological polar surface area (TPSA) is 106 Å². The fourth-order valence-electron chi connectivity index (χ4n) is 2.86. The maximum absolute atomic E-state index is 12.5. The summed E-state index contributed by atoms with van der Waals surface area (Å²) in [5.41, 5.74) is 0.410. The van der Waals surface area contributed by atoms with Gasteiger partial charge in [-0.1, -0.05) is 0 Å². The van der Waals surface area contributed by atoms with Crippen LogP contribution in [-0.4, -0.2) is 44.3 Å². The van der Waals surface area contributed by atoms with Crippen molar-refractivity contribution >= 4 is 33.7 Å². The predicted molar refractivity (Wildman–Crippen MR) is 107 cm³/mol. The molecule has 8 nitrogen and oxygen atoms in total. The van der Waals surface area contributed by atoms with E-state index < -0.39 is 28.5 Å². The molecular formula is C20H22N2O6S. The average Bonchev–Trinajstić information content (AvgIpc) is 3.37. The van der Waals surface area contributed by atoms with E-state index in [-0.39, 0.29) is 4.90 Å². The Morgan fingerprint density at radius 1 is 1.14 bits per heavy atom. The van der Waals surface area contributed by atoms with Crippen LogP contribution in [0.5, 0.6) is 0 Å². The number of furan rings is 1. The van der Waals surface area contributed by atoms with E-state index in [2.05, 4.69) is 5.32 Å². The van der Waals surface area contributed by atoms with Crippen molar-refractivity contribution in [2.45, 2.75) is 24.7 Å². The molecule has 2 aromatic rings. The monoisotopic (exact) mass is 418 g/mol. The van der Waals surface area contributed by atoms with Gasteiger partial charge in [-0.15, -0.1) is 0 Å². The number of esters is 1. The molecule has 0 aliphatic carbocycles. The molecule has 0 saturated carbocycles. The second kappa shape index (κ2) is 9.06. The van der Waals surface area contributed by atoms with Crippen molar-refractivity contribution in [1.29, 1.82) is 0 Å². The molecule has 0 atom stereocenters. The first-order valence-electron chi connectivity index (χ1n) is 9.16. The van der Waals surface area contributed by atoms with Crippen LogP contribution >= 0.6 is 0 Å². The third-order valence-electron chi connectivity index (χ3n) is 4.33. The first kappa shape index (κ1) is 20.8. The third kappa shape index (κ3) is 5.55. The molecule has 1 aliphatic rings. The van der Waals surface area contributed by atoms with Gasteiger partial charge in [-0.3, -0.25) is 4.79 Å². The molecule has 0 spiro atoms. The van der Waals surface area contributed by atoms with Crippen molar-refractivity contribution in [3.05, 3.63) is 54.0 Å². The van der Waals surface area contributed by atoms with Crippen molar-refractivity contribution < 1.29 is 27.2 Å². The molecule has 29 heavy (non-hydrogen) atoms. The molecule has 2 heterocycles. The molecule has 1 aromatic carbocycles. The summed E-state index contributed by atoms with van der Waals surface area (Å²) in [5, 5.41) is 2.56. The van der Waals surface area contributed by atoms with Crippen molar-refractivity contribution in [3.63, 3.8) is 0 Å². The maximum Gasteiger partial charge on any atom is 0.331 e. The highest BCUT2D eigenvalue weighted by molar-refractivity contribution is 7.89. The number of rotatable bonds is 7. The summed E-state index contributed by atoms with van der Waals surface area (Å²) in [4.78, 5) is 23.8. The van der Waals surface area contributed by atoms with Crippen LogP contribution < -0.4 is 5.32 Å². The molecule has 0 radical (unpaired) electrons. The van der Waals surface area contributed by atoms with Crippen LogP contribution in [0, 0.1) is 6.92 Å². The number of ether oxygens (including phenoxy) is 1. The summed E-state index contributed by atoms with van der Waals surface area (Å²) in [6.07, 6.45) is 4.35. The Balaban J connectivity index is 1.49. The zero-order valence-electron chi connectivity index (χ0n) is 16.0. The van der Waals surface area contributed by atoms with E-state index in [1.54, 1.807) is 19.1 Å². The van der Waals surface area contributed by atoms with E-state index in [9.17, 15) is 18.0 Å². The zero-order valence-corrected chi connectivity index (χ0v) is 16.8. The van der Waals surface area contributed by atoms with Gasteiger partial charge in [0.15, 0.2) is 6.61 Å². The number of amides is 1. The summed E-state index contributed by atoms with van der Waals surface area (Å²) >= 11 is 0. The van der Waals surface area contributed by atoms with Gasteiger partial charge in [-0.2, -0.15) is 4.31 Å². The number of sulfonamides is 1. The van der Waals surface area contributed by atoms with Crippen LogP contribution in [0.1, 0.15) is 24.4 Å². The fraction of sp³-hybridized carbons (Fsp3) is 0.300. The molecule has 3 rings (SSSR count). The van der Waals surface area contributed by atoms with Crippen molar-refractivity contribution in [2.24, 2.45) is 0 Å². The van der Waals surface area contributed by atoms with Gasteiger partial charge < -0.3 is 14.5 Å². The number of hydrogen-bond donors (Lipinski definition) is 1. The second-order valence-electron chi connectivity index (χ2n) is 6.57. The highest BCUT2D eigenvalue weighted by Gasteiger charge is 2.26. The number of nitrogens with one attached hydrogen (secondary N) is 1. The minimum absolute atomic E-state index is 0.183. The average molecular weight is 418 g/mol. The fourth-order valence-corrected chi connectivity index (χ4v) is 4.38. The normalized spacial score (nSPS) is 14.9. The van der Waals surface area contributed by atoms with Crippen LogP contribution in [-0.2, 0) is 24.3 Å². The molecule has 1 aromatic heterocycles. The minimum atomic E-state index is -3.50. The maximum atomic E-state index is 12.5. The number of aryl methyl sites for hydroxylation is 1. The number of benzene rings is 1. The van der Waals surface area contributed by atoms with E-state index in [1.165, 1.54) is 40.7 Å². The number of carbonyl (C=O) groups is 2. The molecule has 1 amide bonds. The lowest BCUT2D eigenvalue weighted by Crippen LogP contribution is -2.27.